The summed E-state index contributed by atoms with van der Waals surface area (Å²) in [6, 6.07) is 5.73. The number of fused-ring (bicyclic) bond motifs is 1. The van der Waals surface area contributed by atoms with Crippen molar-refractivity contribution in [1.29, 1.82) is 0 Å². The van der Waals surface area contributed by atoms with Crippen molar-refractivity contribution in [3.05, 3.63) is 57.7 Å². The number of benzene rings is 1. The van der Waals surface area contributed by atoms with E-state index in [1.54, 1.807) is 4.52 Å². The first kappa shape index (κ1) is 16.5. The Balaban J connectivity index is 1.67. The molecule has 3 rings (SSSR count). The van der Waals surface area contributed by atoms with Crippen molar-refractivity contribution in [3.63, 3.8) is 0 Å². The average molecular weight is 340 g/mol. The van der Waals surface area contributed by atoms with E-state index in [0.717, 1.165) is 17.0 Å². The van der Waals surface area contributed by atoms with Crippen LogP contribution in [0.3, 0.4) is 0 Å². The van der Waals surface area contributed by atoms with Gasteiger partial charge in [0.25, 0.3) is 11.5 Å². The molecule has 2 heterocycles. The van der Waals surface area contributed by atoms with Gasteiger partial charge in [0.15, 0.2) is 0 Å². The molecule has 0 aliphatic heterocycles. The van der Waals surface area contributed by atoms with Crippen molar-refractivity contribution in [1.82, 2.24) is 19.6 Å². The van der Waals surface area contributed by atoms with Crippen LogP contribution in [0.4, 0.5) is 11.4 Å². The van der Waals surface area contributed by atoms with Crippen LogP contribution in [0.2, 0.25) is 0 Å². The molecule has 1 N–H and O–H groups in total. The first-order valence-electron chi connectivity index (χ1n) is 7.66. The molecule has 25 heavy (non-hydrogen) atoms. The van der Waals surface area contributed by atoms with Crippen LogP contribution < -0.4 is 5.32 Å². The zero-order valence-electron chi connectivity index (χ0n) is 13.8. The van der Waals surface area contributed by atoms with Crippen molar-refractivity contribution in [2.75, 3.05) is 5.32 Å². The molecular weight excluding hydrogens is 324 g/mol. The largest absolute Gasteiger partial charge is 0.326 e. The monoisotopic (exact) mass is 340 g/mol. The van der Waals surface area contributed by atoms with Gasteiger partial charge >= 0.3 is 0 Å². The van der Waals surface area contributed by atoms with Crippen LogP contribution in [-0.2, 0) is 11.2 Å². The van der Waals surface area contributed by atoms with Crippen LogP contribution in [0.15, 0.2) is 30.6 Å². The van der Waals surface area contributed by atoms with Crippen molar-refractivity contribution in [3.8, 4) is 0 Å². The first-order valence-corrected chi connectivity index (χ1v) is 7.66. The maximum atomic E-state index is 12.1. The van der Waals surface area contributed by atoms with Gasteiger partial charge in [0.1, 0.15) is 6.33 Å². The molecule has 2 aromatic heterocycles. The maximum Gasteiger partial charge on any atom is 0.269 e. The maximum absolute atomic E-state index is 12.1. The summed E-state index contributed by atoms with van der Waals surface area (Å²) in [5, 5.41) is 17.5. The van der Waals surface area contributed by atoms with Gasteiger partial charge in [0.05, 0.1) is 4.92 Å². The van der Waals surface area contributed by atoms with Crippen LogP contribution >= 0.6 is 0 Å². The molecule has 3 aromatic rings. The lowest BCUT2D eigenvalue weighted by molar-refractivity contribution is -0.384. The fraction of sp³-hybridized carbons (Fsp3) is 0.250. The molecule has 9 nitrogen and oxygen atoms in total. The number of nitrogens with zero attached hydrogens (tertiary/aromatic N) is 5. The van der Waals surface area contributed by atoms with Crippen LogP contribution in [0.1, 0.15) is 23.4 Å². The Morgan fingerprint density at radius 3 is 2.68 bits per heavy atom. The molecular formula is C16H16N6O3. The minimum Gasteiger partial charge on any atom is -0.326 e. The Labute approximate surface area is 142 Å². The average Bonchev–Trinajstić information content (AvgIpc) is 3.03. The van der Waals surface area contributed by atoms with Crippen molar-refractivity contribution >= 4 is 23.1 Å². The number of carbonyl (C=O) groups excluding carboxylic acids is 1. The third-order valence-corrected chi connectivity index (χ3v) is 3.95. The number of anilines is 1. The lowest BCUT2D eigenvalue weighted by Gasteiger charge is -2.10. The molecule has 9 heteroatoms. The number of nitrogens with one attached hydrogen (secondary N) is 1. The summed E-state index contributed by atoms with van der Waals surface area (Å²) in [6.45, 7) is 3.80. The summed E-state index contributed by atoms with van der Waals surface area (Å²) in [5.74, 6) is 0.362. The second-order valence-corrected chi connectivity index (χ2v) is 5.59. The van der Waals surface area contributed by atoms with E-state index < -0.39 is 4.92 Å². The molecule has 0 bridgehead atoms. The van der Waals surface area contributed by atoms with E-state index >= 15 is 0 Å². The summed E-state index contributed by atoms with van der Waals surface area (Å²) in [6.07, 6.45) is 2.22. The Morgan fingerprint density at radius 1 is 1.28 bits per heavy atom. The Kier molecular flexibility index (Phi) is 4.38. The molecule has 0 aliphatic carbocycles. The third kappa shape index (κ3) is 3.44. The third-order valence-electron chi connectivity index (χ3n) is 3.95. The highest BCUT2D eigenvalue weighted by Crippen LogP contribution is 2.17. The second-order valence-electron chi connectivity index (χ2n) is 5.59. The molecule has 1 aromatic carbocycles. The molecule has 0 atom stereocenters. The van der Waals surface area contributed by atoms with E-state index in [1.165, 1.54) is 30.6 Å². The number of rotatable bonds is 5. The highest BCUT2D eigenvalue weighted by Gasteiger charge is 2.13. The summed E-state index contributed by atoms with van der Waals surface area (Å²) in [4.78, 5) is 30.7. The highest BCUT2D eigenvalue weighted by atomic mass is 16.6. The molecule has 1 amide bonds. The van der Waals surface area contributed by atoms with Crippen LogP contribution in [-0.4, -0.2) is 30.4 Å². The van der Waals surface area contributed by atoms with Crippen LogP contribution in [0.5, 0.6) is 0 Å². The highest BCUT2D eigenvalue weighted by molar-refractivity contribution is 5.90. The fourth-order valence-corrected chi connectivity index (χ4v) is 2.65. The SMILES string of the molecule is Cc1nc2ncnn2c(C)c1CCC(=O)Nc1ccc([N+](=O)[O-])cc1. The molecule has 128 valence electrons. The summed E-state index contributed by atoms with van der Waals surface area (Å²) in [7, 11) is 0. The summed E-state index contributed by atoms with van der Waals surface area (Å²) < 4.78 is 1.65. The lowest BCUT2D eigenvalue weighted by Crippen LogP contribution is -2.14. The van der Waals surface area contributed by atoms with Crippen molar-refractivity contribution < 1.29 is 9.72 Å². The van der Waals surface area contributed by atoms with Gasteiger partial charge < -0.3 is 5.32 Å². The number of nitro benzene ring substituents is 1. The van der Waals surface area contributed by atoms with E-state index in [0.29, 0.717) is 17.9 Å². The topological polar surface area (TPSA) is 115 Å². The Morgan fingerprint density at radius 2 is 2.00 bits per heavy atom. The van der Waals surface area contributed by atoms with Crippen LogP contribution in [0.25, 0.3) is 5.78 Å². The lowest BCUT2D eigenvalue weighted by atomic mass is 10.1. The van der Waals surface area contributed by atoms with Gasteiger partial charge in [-0.15, -0.1) is 0 Å². The number of amides is 1. The van der Waals surface area contributed by atoms with Gasteiger partial charge in [-0.1, -0.05) is 0 Å². The van der Waals surface area contributed by atoms with Crippen molar-refractivity contribution in [2.45, 2.75) is 26.7 Å². The molecule has 0 saturated carbocycles. The zero-order valence-corrected chi connectivity index (χ0v) is 13.8. The van der Waals surface area contributed by atoms with E-state index in [2.05, 4.69) is 20.4 Å². The quantitative estimate of drug-likeness (QED) is 0.562. The van der Waals surface area contributed by atoms with Crippen LogP contribution in [0, 0.1) is 24.0 Å². The molecule has 0 fully saturated rings. The van der Waals surface area contributed by atoms with E-state index in [4.69, 9.17) is 0 Å². The smallest absolute Gasteiger partial charge is 0.269 e. The summed E-state index contributed by atoms with van der Waals surface area (Å²) in [5.41, 5.74) is 3.19. The Bertz CT molecular complexity index is 948. The minimum atomic E-state index is -0.482. The van der Waals surface area contributed by atoms with Gasteiger partial charge in [0, 0.05) is 35.6 Å². The number of hydrogen-bond acceptors (Lipinski definition) is 6. The molecule has 0 saturated heterocycles. The summed E-state index contributed by atoms with van der Waals surface area (Å²) >= 11 is 0. The van der Waals surface area contributed by atoms with E-state index in [1.807, 2.05) is 13.8 Å². The van der Waals surface area contributed by atoms with Gasteiger partial charge in [-0.05, 0) is 38.0 Å². The number of carbonyl (C=O) groups is 1. The van der Waals surface area contributed by atoms with E-state index in [9.17, 15) is 14.9 Å². The predicted molar refractivity (Wildman–Crippen MR) is 90.3 cm³/mol. The van der Waals surface area contributed by atoms with Crippen molar-refractivity contribution in [2.24, 2.45) is 0 Å². The van der Waals surface area contributed by atoms with Gasteiger partial charge in [-0.25, -0.2) is 9.50 Å². The zero-order chi connectivity index (χ0) is 18.0. The number of aryl methyl sites for hydroxylation is 2. The first-order chi connectivity index (χ1) is 12.0. The fourth-order valence-electron chi connectivity index (χ4n) is 2.65. The number of nitro groups is 1. The number of hydrogen-bond donors (Lipinski definition) is 1. The minimum absolute atomic E-state index is 0.0172. The molecule has 0 aliphatic rings. The predicted octanol–water partition coefficient (Wildman–Crippen LogP) is 2.22. The second kappa shape index (κ2) is 6.63. The number of non-ortho nitro benzene ring substituents is 1. The molecule has 0 spiro atoms. The van der Waals surface area contributed by atoms with Gasteiger partial charge in [-0.2, -0.15) is 10.1 Å². The molecule has 0 unspecified atom stereocenters. The molecule has 0 radical (unpaired) electrons. The standard InChI is InChI=1S/C16H16N6O3/c1-10-14(11(2)21-16(19-10)17-9-18-21)7-8-15(23)20-12-3-5-13(6-4-12)22(24)25/h3-6,9H,7-8H2,1-2H3,(H,20,23). The number of aromatic nitrogens is 4. The Hall–Kier alpha value is -3.36. The van der Waals surface area contributed by atoms with Gasteiger partial charge in [-0.3, -0.25) is 14.9 Å². The normalized spacial score (nSPS) is 10.8. The van der Waals surface area contributed by atoms with E-state index in [-0.39, 0.29) is 18.0 Å². The van der Waals surface area contributed by atoms with Gasteiger partial charge in [0.2, 0.25) is 5.91 Å².